The molecule has 0 atom stereocenters. The van der Waals surface area contributed by atoms with Crippen LogP contribution in [0.1, 0.15) is 30.5 Å². The van der Waals surface area contributed by atoms with E-state index in [4.69, 9.17) is 4.74 Å². The van der Waals surface area contributed by atoms with Crippen LogP contribution in [0.4, 0.5) is 4.79 Å². The molecule has 2 rings (SSSR count). The first-order valence-corrected chi connectivity index (χ1v) is 9.62. The Morgan fingerprint density at radius 1 is 1.07 bits per heavy atom. The van der Waals surface area contributed by atoms with E-state index in [0.717, 1.165) is 30.8 Å². The lowest BCUT2D eigenvalue weighted by molar-refractivity contribution is 0.206. The van der Waals surface area contributed by atoms with E-state index < -0.39 is 0 Å². The minimum absolute atomic E-state index is 0.0686. The molecule has 0 aromatic heterocycles. The van der Waals surface area contributed by atoms with E-state index in [1.165, 1.54) is 12.7 Å². The van der Waals surface area contributed by atoms with Crippen molar-refractivity contribution >= 4 is 6.03 Å². The topological polar surface area (TPSA) is 65.0 Å². The average molecular weight is 386 g/mol. The van der Waals surface area contributed by atoms with Gasteiger partial charge in [0.2, 0.25) is 0 Å². The molecule has 6 nitrogen and oxygen atoms in total. The second-order valence-electron chi connectivity index (χ2n) is 6.75. The fraction of sp³-hybridized carbons (Fsp3) is 0.409. The number of phenolic OH excluding ortho intramolecular Hbond substituents is 1. The third-order valence-corrected chi connectivity index (χ3v) is 4.85. The zero-order valence-corrected chi connectivity index (χ0v) is 17.2. The Labute approximate surface area is 167 Å². The van der Waals surface area contributed by atoms with Crippen molar-refractivity contribution in [3.8, 4) is 11.5 Å². The van der Waals surface area contributed by atoms with Crippen LogP contribution < -0.4 is 10.1 Å². The van der Waals surface area contributed by atoms with Gasteiger partial charge in [0.25, 0.3) is 0 Å². The van der Waals surface area contributed by atoms with Gasteiger partial charge in [-0.05, 0) is 41.9 Å². The number of hydrogen-bond acceptors (Lipinski definition) is 4. The summed E-state index contributed by atoms with van der Waals surface area (Å²) in [6, 6.07) is 13.2. The summed E-state index contributed by atoms with van der Waals surface area (Å²) in [4.78, 5) is 16.4. The quantitative estimate of drug-likeness (QED) is 0.692. The standard InChI is InChI=1S/C22H31N3O3/c1-5-25(6-2)16-19-10-8-7-9-18(19)14-23-22(27)24(3)15-17-11-12-21(28-4)20(26)13-17/h7-13,26H,5-6,14-16H2,1-4H3,(H,23,27). The second kappa shape index (κ2) is 10.6. The third-order valence-electron chi connectivity index (χ3n) is 4.85. The van der Waals surface area contributed by atoms with Gasteiger partial charge in [-0.2, -0.15) is 0 Å². The van der Waals surface area contributed by atoms with Gasteiger partial charge in [0, 0.05) is 26.7 Å². The van der Waals surface area contributed by atoms with Gasteiger partial charge < -0.3 is 20.1 Å². The summed E-state index contributed by atoms with van der Waals surface area (Å²) in [6.45, 7) is 8.04. The molecule has 2 N–H and O–H groups in total. The van der Waals surface area contributed by atoms with Crippen LogP contribution in [-0.2, 0) is 19.6 Å². The predicted molar refractivity (Wildman–Crippen MR) is 111 cm³/mol. The average Bonchev–Trinajstić information content (AvgIpc) is 2.71. The Morgan fingerprint density at radius 2 is 1.75 bits per heavy atom. The smallest absolute Gasteiger partial charge is 0.317 e. The molecule has 6 heteroatoms. The van der Waals surface area contributed by atoms with Crippen molar-refractivity contribution in [3.63, 3.8) is 0 Å². The lowest BCUT2D eigenvalue weighted by Crippen LogP contribution is -2.36. The van der Waals surface area contributed by atoms with Gasteiger partial charge in [0.1, 0.15) is 0 Å². The summed E-state index contributed by atoms with van der Waals surface area (Å²) in [5.41, 5.74) is 3.19. The molecule has 2 aromatic rings. The van der Waals surface area contributed by atoms with Gasteiger partial charge in [0.05, 0.1) is 7.11 Å². The minimum atomic E-state index is -0.159. The summed E-state index contributed by atoms with van der Waals surface area (Å²) < 4.78 is 5.05. The van der Waals surface area contributed by atoms with Crippen LogP contribution in [0.15, 0.2) is 42.5 Å². The number of urea groups is 1. The van der Waals surface area contributed by atoms with E-state index in [-0.39, 0.29) is 11.8 Å². The fourth-order valence-corrected chi connectivity index (χ4v) is 3.06. The van der Waals surface area contributed by atoms with E-state index in [0.29, 0.717) is 18.8 Å². The molecular weight excluding hydrogens is 354 g/mol. The summed E-state index contributed by atoms with van der Waals surface area (Å²) in [5.74, 6) is 0.486. The van der Waals surface area contributed by atoms with Crippen LogP contribution in [0.3, 0.4) is 0 Å². The van der Waals surface area contributed by atoms with Gasteiger partial charge in [-0.1, -0.05) is 44.2 Å². The third kappa shape index (κ3) is 5.89. The Balaban J connectivity index is 1.95. The number of phenols is 1. The molecule has 0 fully saturated rings. The fourth-order valence-electron chi connectivity index (χ4n) is 3.06. The highest BCUT2D eigenvalue weighted by atomic mass is 16.5. The molecule has 0 heterocycles. The number of carbonyl (C=O) groups excluding carboxylic acids is 1. The number of rotatable bonds is 9. The lowest BCUT2D eigenvalue weighted by Gasteiger charge is -2.21. The zero-order chi connectivity index (χ0) is 20.5. The highest BCUT2D eigenvalue weighted by Crippen LogP contribution is 2.26. The van der Waals surface area contributed by atoms with Crippen molar-refractivity contribution in [2.45, 2.75) is 33.5 Å². The summed E-state index contributed by atoms with van der Waals surface area (Å²) in [6.07, 6.45) is 0. The SMILES string of the molecule is CCN(CC)Cc1ccccc1CNC(=O)N(C)Cc1ccc(OC)c(O)c1. The summed E-state index contributed by atoms with van der Waals surface area (Å²) in [5, 5.41) is 12.9. The number of carbonyl (C=O) groups is 1. The number of methoxy groups -OCH3 is 1. The van der Waals surface area contributed by atoms with Crippen molar-refractivity contribution < 1.29 is 14.6 Å². The number of nitrogens with zero attached hydrogens (tertiary/aromatic N) is 2. The number of benzene rings is 2. The first kappa shape index (κ1) is 21.6. The van der Waals surface area contributed by atoms with Crippen LogP contribution in [0.2, 0.25) is 0 Å². The van der Waals surface area contributed by atoms with E-state index in [1.807, 2.05) is 18.2 Å². The number of aromatic hydroxyl groups is 1. The van der Waals surface area contributed by atoms with Gasteiger partial charge in [-0.15, -0.1) is 0 Å². The summed E-state index contributed by atoms with van der Waals surface area (Å²) >= 11 is 0. The van der Waals surface area contributed by atoms with E-state index in [9.17, 15) is 9.90 Å². The lowest BCUT2D eigenvalue weighted by atomic mass is 10.1. The second-order valence-corrected chi connectivity index (χ2v) is 6.75. The van der Waals surface area contributed by atoms with Gasteiger partial charge in [-0.25, -0.2) is 4.79 Å². The maximum absolute atomic E-state index is 12.5. The Morgan fingerprint density at radius 3 is 2.36 bits per heavy atom. The molecule has 0 bridgehead atoms. The molecule has 0 saturated heterocycles. The molecule has 2 amide bonds. The van der Waals surface area contributed by atoms with Gasteiger partial charge in [-0.3, -0.25) is 4.90 Å². The van der Waals surface area contributed by atoms with Crippen LogP contribution >= 0.6 is 0 Å². The van der Waals surface area contributed by atoms with Crippen LogP contribution in [-0.4, -0.2) is 48.2 Å². The van der Waals surface area contributed by atoms with Crippen molar-refractivity contribution in [2.75, 3.05) is 27.2 Å². The predicted octanol–water partition coefficient (Wildman–Crippen LogP) is 3.58. The Kier molecular flexibility index (Phi) is 8.14. The van der Waals surface area contributed by atoms with Crippen molar-refractivity contribution in [2.24, 2.45) is 0 Å². The normalized spacial score (nSPS) is 10.8. The maximum atomic E-state index is 12.5. The van der Waals surface area contributed by atoms with Crippen LogP contribution in [0.5, 0.6) is 11.5 Å². The van der Waals surface area contributed by atoms with Crippen molar-refractivity contribution in [1.29, 1.82) is 0 Å². The molecule has 0 spiro atoms. The number of ether oxygens (including phenoxy) is 1. The number of amides is 2. The molecular formula is C22H31N3O3. The zero-order valence-electron chi connectivity index (χ0n) is 17.2. The highest BCUT2D eigenvalue weighted by molar-refractivity contribution is 5.74. The first-order valence-electron chi connectivity index (χ1n) is 9.62. The van der Waals surface area contributed by atoms with Crippen molar-refractivity contribution in [1.82, 2.24) is 15.1 Å². The van der Waals surface area contributed by atoms with E-state index in [1.54, 1.807) is 24.1 Å². The van der Waals surface area contributed by atoms with Gasteiger partial charge >= 0.3 is 6.03 Å². The van der Waals surface area contributed by atoms with Gasteiger partial charge in [0.15, 0.2) is 11.5 Å². The number of hydrogen-bond donors (Lipinski definition) is 2. The van der Waals surface area contributed by atoms with Crippen LogP contribution in [0, 0.1) is 0 Å². The highest BCUT2D eigenvalue weighted by Gasteiger charge is 2.12. The minimum Gasteiger partial charge on any atom is -0.504 e. The molecule has 2 aromatic carbocycles. The molecule has 0 aliphatic carbocycles. The molecule has 0 saturated carbocycles. The maximum Gasteiger partial charge on any atom is 0.317 e. The molecule has 152 valence electrons. The molecule has 0 radical (unpaired) electrons. The molecule has 28 heavy (non-hydrogen) atoms. The van der Waals surface area contributed by atoms with E-state index in [2.05, 4.69) is 36.2 Å². The molecule has 0 aliphatic rings. The number of nitrogens with one attached hydrogen (secondary N) is 1. The molecule has 0 unspecified atom stereocenters. The van der Waals surface area contributed by atoms with E-state index >= 15 is 0 Å². The molecule has 0 aliphatic heterocycles. The first-order chi connectivity index (χ1) is 13.5. The Bertz CT molecular complexity index is 775. The summed E-state index contributed by atoms with van der Waals surface area (Å²) in [7, 11) is 3.24. The Hall–Kier alpha value is -2.73. The largest absolute Gasteiger partial charge is 0.504 e. The monoisotopic (exact) mass is 385 g/mol. The van der Waals surface area contributed by atoms with Crippen LogP contribution in [0.25, 0.3) is 0 Å². The van der Waals surface area contributed by atoms with Crippen molar-refractivity contribution in [3.05, 3.63) is 59.2 Å².